The lowest BCUT2D eigenvalue weighted by Crippen LogP contribution is -2.38. The van der Waals surface area contributed by atoms with Crippen LogP contribution in [-0.4, -0.2) is 31.4 Å². The van der Waals surface area contributed by atoms with Crippen molar-refractivity contribution in [1.29, 1.82) is 0 Å². The predicted octanol–water partition coefficient (Wildman–Crippen LogP) is 0.984. The molecule has 0 aliphatic carbocycles. The summed E-state index contributed by atoms with van der Waals surface area (Å²) in [6, 6.07) is 2.99. The van der Waals surface area contributed by atoms with Crippen molar-refractivity contribution in [3.8, 4) is 0 Å². The number of hydrogen-bond acceptors (Lipinski definition) is 4. The van der Waals surface area contributed by atoms with E-state index in [4.69, 9.17) is 23.1 Å². The zero-order valence-corrected chi connectivity index (χ0v) is 12.3. The minimum Gasteiger partial charge on any atom is -0.399 e. The van der Waals surface area contributed by atoms with Crippen LogP contribution >= 0.6 is 11.6 Å². The second-order valence-electron chi connectivity index (χ2n) is 4.23. The third-order valence-electron chi connectivity index (χ3n) is 2.76. The van der Waals surface area contributed by atoms with Crippen LogP contribution in [0.2, 0.25) is 5.02 Å². The highest BCUT2D eigenvalue weighted by Crippen LogP contribution is 2.32. The van der Waals surface area contributed by atoms with Crippen LogP contribution in [0.5, 0.6) is 0 Å². The van der Waals surface area contributed by atoms with E-state index in [9.17, 15) is 9.59 Å². The van der Waals surface area contributed by atoms with Gasteiger partial charge in [0, 0.05) is 18.8 Å². The van der Waals surface area contributed by atoms with Crippen molar-refractivity contribution in [2.75, 3.05) is 30.3 Å². The van der Waals surface area contributed by atoms with Gasteiger partial charge in [-0.25, -0.2) is 0 Å². The normalized spacial score (nSPS) is 10.2. The maximum atomic E-state index is 11.7. The maximum Gasteiger partial charge on any atom is 0.250 e. The zero-order chi connectivity index (χ0) is 15.3. The van der Waals surface area contributed by atoms with Crippen LogP contribution in [0.1, 0.15) is 24.2 Å². The molecule has 6 nitrogen and oxygen atoms in total. The van der Waals surface area contributed by atoms with Crippen molar-refractivity contribution in [3.05, 3.63) is 22.7 Å². The van der Waals surface area contributed by atoms with Gasteiger partial charge in [0.05, 0.1) is 22.8 Å². The molecule has 0 unspecified atom stereocenters. The molecule has 0 spiro atoms. The van der Waals surface area contributed by atoms with Crippen molar-refractivity contribution in [3.63, 3.8) is 0 Å². The molecular weight excluding hydrogens is 280 g/mol. The van der Waals surface area contributed by atoms with E-state index in [0.717, 1.165) is 0 Å². The van der Waals surface area contributed by atoms with Crippen LogP contribution < -0.4 is 21.7 Å². The van der Waals surface area contributed by atoms with E-state index in [1.165, 1.54) is 12.1 Å². The smallest absolute Gasteiger partial charge is 0.250 e. The van der Waals surface area contributed by atoms with Crippen LogP contribution in [-0.2, 0) is 4.79 Å². The molecule has 110 valence electrons. The molecule has 0 bridgehead atoms. The molecule has 0 radical (unpaired) electrons. The standard InChI is InChI=1S/C13H19ClN4O2/c1-3-17-11(19)7-18(4-2)12-9(13(16)20)5-8(15)6-10(12)14/h5-6H,3-4,7,15H2,1-2H3,(H2,16,20)(H,17,19). The Morgan fingerprint density at radius 1 is 1.35 bits per heavy atom. The second kappa shape index (κ2) is 7.00. The van der Waals surface area contributed by atoms with E-state index in [1.54, 1.807) is 4.90 Å². The van der Waals surface area contributed by atoms with Crippen LogP contribution in [0.4, 0.5) is 11.4 Å². The van der Waals surface area contributed by atoms with Crippen LogP contribution in [0.15, 0.2) is 12.1 Å². The number of rotatable bonds is 6. The summed E-state index contributed by atoms with van der Waals surface area (Å²) in [7, 11) is 0. The molecule has 0 aliphatic rings. The molecule has 0 heterocycles. The topological polar surface area (TPSA) is 101 Å². The van der Waals surface area contributed by atoms with E-state index in [0.29, 0.717) is 29.5 Å². The number of carbonyl (C=O) groups is 2. The highest BCUT2D eigenvalue weighted by molar-refractivity contribution is 6.34. The van der Waals surface area contributed by atoms with Crippen molar-refractivity contribution in [2.24, 2.45) is 5.73 Å². The van der Waals surface area contributed by atoms with Gasteiger partial charge in [-0.05, 0) is 26.0 Å². The molecule has 1 aromatic rings. The first-order valence-electron chi connectivity index (χ1n) is 6.31. The van der Waals surface area contributed by atoms with E-state index >= 15 is 0 Å². The SMILES string of the molecule is CCNC(=O)CN(CC)c1c(Cl)cc(N)cc1C(N)=O. The fourth-order valence-electron chi connectivity index (χ4n) is 1.90. The molecule has 1 rings (SSSR count). The number of nitrogens with zero attached hydrogens (tertiary/aromatic N) is 1. The summed E-state index contributed by atoms with van der Waals surface area (Å²) >= 11 is 6.15. The van der Waals surface area contributed by atoms with Gasteiger partial charge in [0.15, 0.2) is 0 Å². The van der Waals surface area contributed by atoms with Crippen LogP contribution in [0.3, 0.4) is 0 Å². The molecule has 7 heteroatoms. The third-order valence-corrected chi connectivity index (χ3v) is 3.05. The Bertz CT molecular complexity index is 519. The molecule has 0 saturated carbocycles. The van der Waals surface area contributed by atoms with Crippen LogP contribution in [0, 0.1) is 0 Å². The van der Waals surface area contributed by atoms with Crippen LogP contribution in [0.25, 0.3) is 0 Å². The van der Waals surface area contributed by atoms with Gasteiger partial charge in [-0.1, -0.05) is 11.6 Å². The minimum atomic E-state index is -0.636. The molecule has 0 aromatic heterocycles. The number of likely N-dealkylation sites (N-methyl/N-ethyl adjacent to an activating group) is 2. The number of nitrogens with two attached hydrogens (primary N) is 2. The summed E-state index contributed by atoms with van der Waals surface area (Å²) in [5.41, 5.74) is 12.0. The van der Waals surface area contributed by atoms with Crippen molar-refractivity contribution < 1.29 is 9.59 Å². The molecule has 20 heavy (non-hydrogen) atoms. The Hall–Kier alpha value is -1.95. The number of nitrogens with one attached hydrogen (secondary N) is 1. The van der Waals surface area contributed by atoms with E-state index in [1.807, 2.05) is 13.8 Å². The summed E-state index contributed by atoms with van der Waals surface area (Å²) in [5.74, 6) is -0.791. The first-order valence-corrected chi connectivity index (χ1v) is 6.68. The maximum absolute atomic E-state index is 11.7. The number of anilines is 2. The van der Waals surface area contributed by atoms with Gasteiger partial charge < -0.3 is 21.7 Å². The highest BCUT2D eigenvalue weighted by Gasteiger charge is 2.20. The summed E-state index contributed by atoms with van der Waals surface area (Å²) < 4.78 is 0. The van der Waals surface area contributed by atoms with Crippen molar-refractivity contribution in [1.82, 2.24) is 5.32 Å². The number of amides is 2. The van der Waals surface area contributed by atoms with Gasteiger partial charge in [0.1, 0.15) is 0 Å². The number of primary amides is 1. The molecular formula is C13H19ClN4O2. The number of halogens is 1. The van der Waals surface area contributed by atoms with Crippen molar-refractivity contribution in [2.45, 2.75) is 13.8 Å². The summed E-state index contributed by atoms with van der Waals surface area (Å²) in [4.78, 5) is 24.9. The largest absolute Gasteiger partial charge is 0.399 e. The lowest BCUT2D eigenvalue weighted by atomic mass is 10.1. The summed E-state index contributed by atoms with van der Waals surface area (Å²) in [5, 5.41) is 2.99. The van der Waals surface area contributed by atoms with Gasteiger partial charge in [-0.15, -0.1) is 0 Å². The molecule has 2 amide bonds. The van der Waals surface area contributed by atoms with Gasteiger partial charge in [-0.2, -0.15) is 0 Å². The third kappa shape index (κ3) is 3.77. The quantitative estimate of drug-likeness (QED) is 0.681. The first kappa shape index (κ1) is 16.1. The number of carbonyl (C=O) groups excluding carboxylic acids is 2. The fraction of sp³-hybridized carbons (Fsp3) is 0.385. The lowest BCUT2D eigenvalue weighted by molar-refractivity contribution is -0.119. The zero-order valence-electron chi connectivity index (χ0n) is 11.6. The average Bonchev–Trinajstić information content (AvgIpc) is 2.36. The van der Waals surface area contributed by atoms with E-state index < -0.39 is 5.91 Å². The van der Waals surface area contributed by atoms with Gasteiger partial charge in [0.2, 0.25) is 5.91 Å². The average molecular weight is 299 g/mol. The molecule has 5 N–H and O–H groups in total. The Labute approximate surface area is 123 Å². The van der Waals surface area contributed by atoms with E-state index in [2.05, 4.69) is 5.32 Å². The predicted molar refractivity (Wildman–Crippen MR) is 81.0 cm³/mol. The summed E-state index contributed by atoms with van der Waals surface area (Å²) in [6.07, 6.45) is 0. The van der Waals surface area contributed by atoms with Gasteiger partial charge >= 0.3 is 0 Å². The molecule has 0 fully saturated rings. The molecule has 0 atom stereocenters. The number of benzene rings is 1. The molecule has 0 aliphatic heterocycles. The number of nitrogen functional groups attached to an aromatic ring is 1. The molecule has 0 saturated heterocycles. The van der Waals surface area contributed by atoms with E-state index in [-0.39, 0.29) is 18.0 Å². The van der Waals surface area contributed by atoms with Gasteiger partial charge in [-0.3, -0.25) is 9.59 Å². The Kier molecular flexibility index (Phi) is 5.64. The van der Waals surface area contributed by atoms with Gasteiger partial charge in [0.25, 0.3) is 5.91 Å². The van der Waals surface area contributed by atoms with Crippen molar-refractivity contribution >= 4 is 34.8 Å². The Morgan fingerprint density at radius 3 is 2.50 bits per heavy atom. The Morgan fingerprint density at radius 2 is 2.00 bits per heavy atom. The monoisotopic (exact) mass is 298 g/mol. The summed E-state index contributed by atoms with van der Waals surface area (Å²) in [6.45, 7) is 4.82. The lowest BCUT2D eigenvalue weighted by Gasteiger charge is -2.25. The Balaban J connectivity index is 3.20. The fourth-order valence-corrected chi connectivity index (χ4v) is 2.25. The highest BCUT2D eigenvalue weighted by atomic mass is 35.5. The molecule has 1 aromatic carbocycles. The first-order chi connectivity index (χ1) is 9.40. The second-order valence-corrected chi connectivity index (χ2v) is 4.64. The minimum absolute atomic E-state index is 0.0915. The number of hydrogen-bond donors (Lipinski definition) is 3.